The molecular weight excluding hydrogens is 431 g/mol. The van der Waals surface area contributed by atoms with Crippen LogP contribution in [0.25, 0.3) is 10.9 Å². The molecule has 1 heterocycles. The Morgan fingerprint density at radius 2 is 1.79 bits per heavy atom. The normalized spacial score (nSPS) is 10.6. The van der Waals surface area contributed by atoms with E-state index in [0.29, 0.717) is 41.9 Å². The molecule has 0 saturated carbocycles. The van der Waals surface area contributed by atoms with Crippen molar-refractivity contribution in [2.24, 2.45) is 0 Å². The minimum Gasteiger partial charge on any atom is -0.356 e. The van der Waals surface area contributed by atoms with Crippen LogP contribution in [0.1, 0.15) is 27.3 Å². The number of terminal acetylenes is 1. The average Bonchev–Trinajstić information content (AvgIpc) is 2.83. The summed E-state index contributed by atoms with van der Waals surface area (Å²) in [6, 6.07) is 18.7. The first-order valence-electron chi connectivity index (χ1n) is 10.7. The van der Waals surface area contributed by atoms with Gasteiger partial charge in [0.05, 0.1) is 17.4 Å². The number of benzene rings is 3. The van der Waals surface area contributed by atoms with Crippen LogP contribution in [0.3, 0.4) is 0 Å². The Labute approximate surface area is 196 Å². The minimum absolute atomic E-state index is 0.177. The predicted octanol–water partition coefficient (Wildman–Crippen LogP) is 3.94. The molecule has 7 heteroatoms. The number of amides is 1. The van der Waals surface area contributed by atoms with E-state index >= 15 is 0 Å². The Balaban J connectivity index is 1.47. The summed E-state index contributed by atoms with van der Waals surface area (Å²) in [4.78, 5) is 33.9. The fraction of sp³-hybridized carbons (Fsp3) is 0.148. The van der Waals surface area contributed by atoms with Gasteiger partial charge in [0.15, 0.2) is 0 Å². The van der Waals surface area contributed by atoms with Crippen LogP contribution in [-0.2, 0) is 13.1 Å². The molecule has 0 bridgehead atoms. The van der Waals surface area contributed by atoms with Crippen LogP contribution in [0.2, 0.25) is 0 Å². The number of anilines is 1. The molecule has 1 aromatic heterocycles. The van der Waals surface area contributed by atoms with Gasteiger partial charge in [-0.3, -0.25) is 9.59 Å². The number of nitrogens with zero attached hydrogens (tertiary/aromatic N) is 2. The molecule has 0 atom stereocenters. The van der Waals surface area contributed by atoms with Crippen LogP contribution in [0, 0.1) is 25.1 Å². The molecule has 0 unspecified atom stereocenters. The van der Waals surface area contributed by atoms with E-state index in [1.807, 2.05) is 35.2 Å². The van der Waals surface area contributed by atoms with E-state index in [2.05, 4.69) is 21.2 Å². The van der Waals surface area contributed by atoms with Gasteiger partial charge in [0.2, 0.25) is 0 Å². The van der Waals surface area contributed by atoms with Crippen molar-refractivity contribution in [1.29, 1.82) is 0 Å². The first-order chi connectivity index (χ1) is 16.4. The molecule has 0 radical (unpaired) electrons. The van der Waals surface area contributed by atoms with Crippen molar-refractivity contribution >= 4 is 22.5 Å². The lowest BCUT2D eigenvalue weighted by molar-refractivity contribution is 0.0951. The molecule has 2 N–H and O–H groups in total. The first-order valence-corrected chi connectivity index (χ1v) is 10.7. The number of nitrogens with one attached hydrogen (secondary N) is 2. The van der Waals surface area contributed by atoms with E-state index in [0.717, 1.165) is 16.8 Å². The van der Waals surface area contributed by atoms with Gasteiger partial charge in [0.1, 0.15) is 11.6 Å². The van der Waals surface area contributed by atoms with Crippen molar-refractivity contribution in [2.75, 3.05) is 11.4 Å². The summed E-state index contributed by atoms with van der Waals surface area (Å²) in [6.45, 7) is 2.90. The van der Waals surface area contributed by atoms with Crippen molar-refractivity contribution in [3.05, 3.63) is 105 Å². The maximum absolute atomic E-state index is 13.0. The molecule has 0 aliphatic heterocycles. The van der Waals surface area contributed by atoms with Gasteiger partial charge in [-0.15, -0.1) is 6.42 Å². The standard InChI is InChI=1S/C27H23FN4O2/c1-3-14-32(17-20-6-13-25-24(15-20)27(34)31-18(2)30-25)23-11-7-21(8-12-23)26(33)29-16-19-4-9-22(28)10-5-19/h1,4-13,15H,14,16-17H2,2H3,(H,29,33)(H,30,31,34). The predicted molar refractivity (Wildman–Crippen MR) is 131 cm³/mol. The number of aromatic nitrogens is 2. The SMILES string of the molecule is C#CCN(Cc1ccc2nc(C)[nH]c(=O)c2c1)c1ccc(C(=O)NCc2ccc(F)cc2)cc1. The highest BCUT2D eigenvalue weighted by molar-refractivity contribution is 5.94. The molecule has 170 valence electrons. The highest BCUT2D eigenvalue weighted by atomic mass is 19.1. The average molecular weight is 455 g/mol. The number of fused-ring (bicyclic) bond motifs is 1. The zero-order valence-corrected chi connectivity index (χ0v) is 18.6. The number of carbonyl (C=O) groups excluding carboxylic acids is 1. The molecule has 0 fully saturated rings. The lowest BCUT2D eigenvalue weighted by Gasteiger charge is -2.23. The zero-order valence-electron chi connectivity index (χ0n) is 18.6. The summed E-state index contributed by atoms with van der Waals surface area (Å²) in [5, 5.41) is 3.35. The molecule has 0 saturated heterocycles. The van der Waals surface area contributed by atoms with Gasteiger partial charge in [-0.05, 0) is 66.6 Å². The number of H-pyrrole nitrogens is 1. The van der Waals surface area contributed by atoms with E-state index in [-0.39, 0.29) is 17.3 Å². The summed E-state index contributed by atoms with van der Waals surface area (Å²) in [5.74, 6) is 2.69. The highest BCUT2D eigenvalue weighted by Gasteiger charge is 2.11. The zero-order chi connectivity index (χ0) is 24.1. The number of halogens is 1. The summed E-state index contributed by atoms with van der Waals surface area (Å²) in [5.41, 5.74) is 3.55. The van der Waals surface area contributed by atoms with Crippen LogP contribution in [0.5, 0.6) is 0 Å². The number of aryl methyl sites for hydroxylation is 1. The van der Waals surface area contributed by atoms with Crippen molar-refractivity contribution in [2.45, 2.75) is 20.0 Å². The summed E-state index contributed by atoms with van der Waals surface area (Å²) in [6.07, 6.45) is 5.59. The Morgan fingerprint density at radius 3 is 2.50 bits per heavy atom. The maximum atomic E-state index is 13.0. The molecule has 4 rings (SSSR count). The van der Waals surface area contributed by atoms with Gasteiger partial charge < -0.3 is 15.2 Å². The van der Waals surface area contributed by atoms with Gasteiger partial charge >= 0.3 is 0 Å². The van der Waals surface area contributed by atoms with Crippen LogP contribution in [0.4, 0.5) is 10.1 Å². The summed E-state index contributed by atoms with van der Waals surface area (Å²) >= 11 is 0. The van der Waals surface area contributed by atoms with E-state index in [1.54, 1.807) is 31.2 Å². The molecule has 4 aromatic rings. The first kappa shape index (κ1) is 22.7. The number of hydrogen-bond donors (Lipinski definition) is 2. The molecule has 0 aliphatic carbocycles. The molecule has 3 aromatic carbocycles. The number of carbonyl (C=O) groups is 1. The number of hydrogen-bond acceptors (Lipinski definition) is 4. The van der Waals surface area contributed by atoms with Gasteiger partial charge in [0, 0.05) is 24.3 Å². The second kappa shape index (κ2) is 10.0. The van der Waals surface area contributed by atoms with Gasteiger partial charge in [-0.1, -0.05) is 24.1 Å². The lowest BCUT2D eigenvalue weighted by atomic mass is 10.1. The van der Waals surface area contributed by atoms with Crippen LogP contribution in [-0.4, -0.2) is 22.4 Å². The molecule has 0 aliphatic rings. The molecule has 34 heavy (non-hydrogen) atoms. The summed E-state index contributed by atoms with van der Waals surface area (Å²) < 4.78 is 13.0. The van der Waals surface area contributed by atoms with E-state index in [1.165, 1.54) is 12.1 Å². The fourth-order valence-electron chi connectivity index (χ4n) is 3.68. The monoisotopic (exact) mass is 454 g/mol. The van der Waals surface area contributed by atoms with Crippen LogP contribution >= 0.6 is 0 Å². The minimum atomic E-state index is -0.315. The Bertz CT molecular complexity index is 1420. The van der Waals surface area contributed by atoms with E-state index in [4.69, 9.17) is 6.42 Å². The third-order valence-electron chi connectivity index (χ3n) is 5.40. The van der Waals surface area contributed by atoms with Gasteiger partial charge in [-0.25, -0.2) is 9.37 Å². The number of rotatable bonds is 7. The smallest absolute Gasteiger partial charge is 0.258 e. The maximum Gasteiger partial charge on any atom is 0.258 e. The van der Waals surface area contributed by atoms with Crippen LogP contribution < -0.4 is 15.8 Å². The van der Waals surface area contributed by atoms with Gasteiger partial charge in [-0.2, -0.15) is 0 Å². The van der Waals surface area contributed by atoms with E-state index < -0.39 is 0 Å². The highest BCUT2D eigenvalue weighted by Crippen LogP contribution is 2.20. The molecule has 1 amide bonds. The van der Waals surface area contributed by atoms with E-state index in [9.17, 15) is 14.0 Å². The lowest BCUT2D eigenvalue weighted by Crippen LogP contribution is -2.24. The largest absolute Gasteiger partial charge is 0.356 e. The van der Waals surface area contributed by atoms with Crippen LogP contribution in [0.15, 0.2) is 71.5 Å². The fourth-order valence-corrected chi connectivity index (χ4v) is 3.68. The second-order valence-electron chi connectivity index (χ2n) is 7.92. The summed E-state index contributed by atoms with van der Waals surface area (Å²) in [7, 11) is 0. The Hall–Kier alpha value is -4.44. The van der Waals surface area contributed by atoms with Crippen molar-refractivity contribution in [1.82, 2.24) is 15.3 Å². The third-order valence-corrected chi connectivity index (χ3v) is 5.40. The number of aromatic amines is 1. The molecule has 0 spiro atoms. The van der Waals surface area contributed by atoms with Gasteiger partial charge in [0.25, 0.3) is 11.5 Å². The van der Waals surface area contributed by atoms with Crippen molar-refractivity contribution in [3.63, 3.8) is 0 Å². The molecule has 6 nitrogen and oxygen atoms in total. The quantitative estimate of drug-likeness (QED) is 0.415. The third kappa shape index (κ3) is 5.30. The van der Waals surface area contributed by atoms with Crippen molar-refractivity contribution in [3.8, 4) is 12.3 Å². The molecular formula is C27H23FN4O2. The van der Waals surface area contributed by atoms with Crippen molar-refractivity contribution < 1.29 is 9.18 Å². The Morgan fingerprint density at radius 1 is 1.09 bits per heavy atom. The second-order valence-corrected chi connectivity index (χ2v) is 7.92. The topological polar surface area (TPSA) is 78.1 Å². The Kier molecular flexibility index (Phi) is 6.69.